The van der Waals surface area contributed by atoms with Crippen molar-refractivity contribution < 1.29 is 18.3 Å². The summed E-state index contributed by atoms with van der Waals surface area (Å²) in [5.74, 6) is 6.17. The molecule has 0 aliphatic rings. The fourth-order valence-corrected chi connectivity index (χ4v) is 1.58. The molecule has 0 aromatic heterocycles. The number of hydrazine groups is 1. The number of hydrogen-bond acceptors (Lipinski definition) is 4. The van der Waals surface area contributed by atoms with E-state index in [4.69, 9.17) is 15.3 Å². The number of ether oxygens (including phenoxy) is 2. The molecule has 1 aromatic rings. The Hall–Kier alpha value is -1.24. The summed E-state index contributed by atoms with van der Waals surface area (Å²) in [5.41, 5.74) is 3.56. The standard InChI is InChI=1S/C12H18F2N2O2/c1-17-10-4-2-3-9(7-10)11(16-15)5-6-18-8-12(13)14/h2-4,7,11-12,16H,5-6,8,15H2,1H3. The van der Waals surface area contributed by atoms with Crippen LogP contribution in [0.5, 0.6) is 5.75 Å². The molecule has 18 heavy (non-hydrogen) atoms. The SMILES string of the molecule is COc1cccc(C(CCOCC(F)F)NN)c1. The predicted octanol–water partition coefficient (Wildman–Crippen LogP) is 1.87. The van der Waals surface area contributed by atoms with Crippen molar-refractivity contribution in [1.82, 2.24) is 5.43 Å². The van der Waals surface area contributed by atoms with Crippen LogP contribution < -0.4 is 16.0 Å². The molecule has 1 aromatic carbocycles. The van der Waals surface area contributed by atoms with E-state index in [0.717, 1.165) is 11.3 Å². The van der Waals surface area contributed by atoms with Crippen LogP contribution in [-0.4, -0.2) is 26.7 Å². The fraction of sp³-hybridized carbons (Fsp3) is 0.500. The van der Waals surface area contributed by atoms with Gasteiger partial charge in [0.1, 0.15) is 12.4 Å². The van der Waals surface area contributed by atoms with Crippen molar-refractivity contribution in [3.05, 3.63) is 29.8 Å². The van der Waals surface area contributed by atoms with Crippen LogP contribution in [0.2, 0.25) is 0 Å². The number of nitrogens with two attached hydrogens (primary N) is 1. The first-order valence-electron chi connectivity index (χ1n) is 5.63. The maximum Gasteiger partial charge on any atom is 0.261 e. The number of halogens is 2. The zero-order chi connectivity index (χ0) is 13.4. The Labute approximate surface area is 105 Å². The summed E-state index contributed by atoms with van der Waals surface area (Å²) in [5, 5.41) is 0. The number of hydrogen-bond donors (Lipinski definition) is 2. The van der Waals surface area contributed by atoms with Gasteiger partial charge in [0.05, 0.1) is 7.11 Å². The van der Waals surface area contributed by atoms with Crippen LogP contribution >= 0.6 is 0 Å². The molecule has 102 valence electrons. The van der Waals surface area contributed by atoms with E-state index in [1.54, 1.807) is 7.11 Å². The van der Waals surface area contributed by atoms with Crippen molar-refractivity contribution in [2.75, 3.05) is 20.3 Å². The van der Waals surface area contributed by atoms with Crippen LogP contribution in [-0.2, 0) is 4.74 Å². The number of benzene rings is 1. The van der Waals surface area contributed by atoms with E-state index in [0.29, 0.717) is 6.42 Å². The Morgan fingerprint density at radius 2 is 2.17 bits per heavy atom. The molecule has 0 fully saturated rings. The van der Waals surface area contributed by atoms with Gasteiger partial charge in [-0.05, 0) is 24.1 Å². The van der Waals surface area contributed by atoms with Crippen LogP contribution in [0.4, 0.5) is 8.78 Å². The van der Waals surface area contributed by atoms with Crippen molar-refractivity contribution in [2.24, 2.45) is 5.84 Å². The maximum absolute atomic E-state index is 11.9. The quantitative estimate of drug-likeness (QED) is 0.425. The second-order valence-electron chi connectivity index (χ2n) is 3.75. The first-order chi connectivity index (χ1) is 8.67. The largest absolute Gasteiger partial charge is 0.497 e. The van der Waals surface area contributed by atoms with Gasteiger partial charge in [-0.25, -0.2) is 8.78 Å². The summed E-state index contributed by atoms with van der Waals surface area (Å²) in [6.45, 7) is -0.328. The van der Waals surface area contributed by atoms with Gasteiger partial charge < -0.3 is 9.47 Å². The summed E-state index contributed by atoms with van der Waals surface area (Å²) >= 11 is 0. The van der Waals surface area contributed by atoms with Crippen molar-refractivity contribution in [2.45, 2.75) is 18.9 Å². The molecule has 1 atom stereocenters. The summed E-state index contributed by atoms with van der Waals surface area (Å²) in [6, 6.07) is 7.25. The lowest BCUT2D eigenvalue weighted by atomic mass is 10.0. The van der Waals surface area contributed by atoms with E-state index in [-0.39, 0.29) is 12.6 Å². The highest BCUT2D eigenvalue weighted by Gasteiger charge is 2.11. The molecular formula is C12H18F2N2O2. The Morgan fingerprint density at radius 1 is 1.39 bits per heavy atom. The van der Waals surface area contributed by atoms with E-state index in [9.17, 15) is 8.78 Å². The second kappa shape index (κ2) is 7.97. The monoisotopic (exact) mass is 260 g/mol. The normalized spacial score (nSPS) is 12.7. The molecule has 3 N–H and O–H groups in total. The number of rotatable bonds is 8. The van der Waals surface area contributed by atoms with Crippen LogP contribution in [0.25, 0.3) is 0 Å². The van der Waals surface area contributed by atoms with Crippen LogP contribution in [0.1, 0.15) is 18.0 Å². The summed E-state index contributed by atoms with van der Waals surface area (Å²) in [7, 11) is 1.58. The molecule has 0 aliphatic carbocycles. The fourth-order valence-electron chi connectivity index (χ4n) is 1.58. The third-order valence-electron chi connectivity index (χ3n) is 2.49. The highest BCUT2D eigenvalue weighted by Crippen LogP contribution is 2.21. The first kappa shape index (κ1) is 14.8. The Balaban J connectivity index is 2.49. The molecule has 0 spiro atoms. The van der Waals surface area contributed by atoms with Gasteiger partial charge in [0.25, 0.3) is 6.43 Å². The number of methoxy groups -OCH3 is 1. The molecule has 1 unspecified atom stereocenters. The van der Waals surface area contributed by atoms with Crippen molar-refractivity contribution in [3.8, 4) is 5.75 Å². The number of alkyl halides is 2. The summed E-state index contributed by atoms with van der Waals surface area (Å²) in [6.07, 6.45) is -1.93. The molecule has 6 heteroatoms. The zero-order valence-electron chi connectivity index (χ0n) is 10.2. The lowest BCUT2D eigenvalue weighted by molar-refractivity contribution is 0.0143. The molecular weight excluding hydrogens is 242 g/mol. The number of nitrogens with one attached hydrogen (secondary N) is 1. The topological polar surface area (TPSA) is 56.5 Å². The first-order valence-corrected chi connectivity index (χ1v) is 5.63. The highest BCUT2D eigenvalue weighted by molar-refractivity contribution is 5.30. The molecule has 0 radical (unpaired) electrons. The van der Waals surface area contributed by atoms with Gasteiger partial charge in [-0.3, -0.25) is 11.3 Å². The highest BCUT2D eigenvalue weighted by atomic mass is 19.3. The van der Waals surface area contributed by atoms with Gasteiger partial charge in [0.2, 0.25) is 0 Å². The van der Waals surface area contributed by atoms with Gasteiger partial charge in [0.15, 0.2) is 0 Å². The van der Waals surface area contributed by atoms with E-state index in [1.165, 1.54) is 0 Å². The van der Waals surface area contributed by atoms with E-state index in [2.05, 4.69) is 5.43 Å². The van der Waals surface area contributed by atoms with Crippen LogP contribution in [0, 0.1) is 0 Å². The minimum Gasteiger partial charge on any atom is -0.497 e. The third kappa shape index (κ3) is 4.95. The van der Waals surface area contributed by atoms with Crippen LogP contribution in [0.3, 0.4) is 0 Å². The zero-order valence-corrected chi connectivity index (χ0v) is 10.2. The predicted molar refractivity (Wildman–Crippen MR) is 64.5 cm³/mol. The minimum atomic E-state index is -2.44. The third-order valence-corrected chi connectivity index (χ3v) is 2.49. The van der Waals surface area contributed by atoms with Gasteiger partial charge in [-0.1, -0.05) is 12.1 Å². The van der Waals surface area contributed by atoms with Crippen molar-refractivity contribution in [3.63, 3.8) is 0 Å². The summed E-state index contributed by atoms with van der Waals surface area (Å²) in [4.78, 5) is 0. The average Bonchev–Trinajstić information content (AvgIpc) is 2.38. The van der Waals surface area contributed by atoms with E-state index < -0.39 is 13.0 Å². The van der Waals surface area contributed by atoms with Gasteiger partial charge in [-0.15, -0.1) is 0 Å². The van der Waals surface area contributed by atoms with Gasteiger partial charge >= 0.3 is 0 Å². The molecule has 0 amide bonds. The van der Waals surface area contributed by atoms with Crippen LogP contribution in [0.15, 0.2) is 24.3 Å². The lowest BCUT2D eigenvalue weighted by Gasteiger charge is -2.17. The lowest BCUT2D eigenvalue weighted by Crippen LogP contribution is -2.29. The molecule has 0 bridgehead atoms. The molecule has 0 saturated heterocycles. The van der Waals surface area contributed by atoms with E-state index in [1.807, 2.05) is 24.3 Å². The molecule has 0 heterocycles. The molecule has 4 nitrogen and oxygen atoms in total. The van der Waals surface area contributed by atoms with Gasteiger partial charge in [0, 0.05) is 12.6 Å². The van der Waals surface area contributed by atoms with Crippen molar-refractivity contribution in [1.29, 1.82) is 0 Å². The van der Waals surface area contributed by atoms with E-state index >= 15 is 0 Å². The molecule has 0 aliphatic heterocycles. The van der Waals surface area contributed by atoms with Crippen molar-refractivity contribution >= 4 is 0 Å². The second-order valence-corrected chi connectivity index (χ2v) is 3.75. The summed E-state index contributed by atoms with van der Waals surface area (Å²) < 4.78 is 33.7. The minimum absolute atomic E-state index is 0.155. The average molecular weight is 260 g/mol. The Bertz CT molecular complexity index is 351. The Morgan fingerprint density at radius 3 is 2.78 bits per heavy atom. The molecule has 1 rings (SSSR count). The maximum atomic E-state index is 11.9. The molecule has 0 saturated carbocycles. The smallest absolute Gasteiger partial charge is 0.261 e. The Kier molecular flexibility index (Phi) is 6.56. The van der Waals surface area contributed by atoms with Gasteiger partial charge in [-0.2, -0.15) is 0 Å².